The first-order chi connectivity index (χ1) is 9.86. The van der Waals surface area contributed by atoms with Gasteiger partial charge in [-0.15, -0.1) is 0 Å². The van der Waals surface area contributed by atoms with E-state index in [2.05, 4.69) is 23.8 Å². The van der Waals surface area contributed by atoms with Gasteiger partial charge in [-0.2, -0.15) is 18.4 Å². The number of benzene rings is 1. The Labute approximate surface area is 122 Å². The van der Waals surface area contributed by atoms with Crippen LogP contribution in [0.15, 0.2) is 18.2 Å². The Balaban J connectivity index is 2.28. The van der Waals surface area contributed by atoms with Crippen molar-refractivity contribution < 1.29 is 13.2 Å². The van der Waals surface area contributed by atoms with E-state index >= 15 is 0 Å². The minimum atomic E-state index is -4.49. The van der Waals surface area contributed by atoms with E-state index in [-0.39, 0.29) is 5.56 Å². The monoisotopic (exact) mass is 297 g/mol. The summed E-state index contributed by atoms with van der Waals surface area (Å²) in [4.78, 5) is 4.31. The van der Waals surface area contributed by atoms with Gasteiger partial charge in [0.2, 0.25) is 0 Å². The van der Waals surface area contributed by atoms with Crippen LogP contribution in [0.3, 0.4) is 0 Å². The molecule has 3 nitrogen and oxygen atoms in total. The molecule has 1 atom stereocenters. The average Bonchev–Trinajstić information content (AvgIpc) is 2.46. The Kier molecular flexibility index (Phi) is 4.43. The SMILES string of the molecule is CCC1CN(c2ccc(C(F)(F)F)c(C#N)c2)CCN1C. The smallest absolute Gasteiger partial charge is 0.369 e. The molecule has 1 aromatic rings. The van der Waals surface area contributed by atoms with Crippen LogP contribution >= 0.6 is 0 Å². The Bertz CT molecular complexity index is 548. The molecule has 114 valence electrons. The van der Waals surface area contributed by atoms with Crippen LogP contribution < -0.4 is 4.90 Å². The molecular weight excluding hydrogens is 279 g/mol. The van der Waals surface area contributed by atoms with Crippen LogP contribution in [0.1, 0.15) is 24.5 Å². The van der Waals surface area contributed by atoms with Crippen molar-refractivity contribution in [2.24, 2.45) is 0 Å². The predicted molar refractivity (Wildman–Crippen MR) is 75.1 cm³/mol. The van der Waals surface area contributed by atoms with Gasteiger partial charge in [0.1, 0.15) is 0 Å². The van der Waals surface area contributed by atoms with Gasteiger partial charge in [0.05, 0.1) is 17.2 Å². The number of rotatable bonds is 2. The largest absolute Gasteiger partial charge is 0.417 e. The van der Waals surface area contributed by atoms with Gasteiger partial charge in [0, 0.05) is 31.4 Å². The first-order valence-electron chi connectivity index (χ1n) is 6.93. The molecule has 21 heavy (non-hydrogen) atoms. The summed E-state index contributed by atoms with van der Waals surface area (Å²) in [5, 5.41) is 8.97. The normalized spacial score (nSPS) is 20.4. The molecule has 1 saturated heterocycles. The van der Waals surface area contributed by atoms with Crippen LogP contribution in [0.25, 0.3) is 0 Å². The number of likely N-dealkylation sites (N-methyl/N-ethyl adjacent to an activating group) is 1. The zero-order valence-corrected chi connectivity index (χ0v) is 12.1. The molecule has 0 bridgehead atoms. The van der Waals surface area contributed by atoms with Crippen LogP contribution in [-0.4, -0.2) is 37.6 Å². The highest BCUT2D eigenvalue weighted by atomic mass is 19.4. The molecule has 0 N–H and O–H groups in total. The summed E-state index contributed by atoms with van der Waals surface area (Å²) in [5.74, 6) is 0. The molecule has 6 heteroatoms. The van der Waals surface area contributed by atoms with Gasteiger partial charge in [-0.25, -0.2) is 0 Å². The van der Waals surface area contributed by atoms with Crippen molar-refractivity contribution in [2.75, 3.05) is 31.6 Å². The molecule has 2 rings (SSSR count). The Morgan fingerprint density at radius 1 is 1.33 bits per heavy atom. The zero-order valence-electron chi connectivity index (χ0n) is 12.1. The van der Waals surface area contributed by atoms with Crippen LogP contribution in [0.5, 0.6) is 0 Å². The zero-order chi connectivity index (χ0) is 15.6. The lowest BCUT2D eigenvalue weighted by Gasteiger charge is -2.40. The fourth-order valence-electron chi connectivity index (χ4n) is 2.69. The number of nitrogens with zero attached hydrogens (tertiary/aromatic N) is 3. The number of hydrogen-bond acceptors (Lipinski definition) is 3. The van der Waals surface area contributed by atoms with Crippen LogP contribution in [0.2, 0.25) is 0 Å². The molecule has 1 heterocycles. The summed E-state index contributed by atoms with van der Waals surface area (Å²) >= 11 is 0. The second-order valence-electron chi connectivity index (χ2n) is 5.33. The van der Waals surface area contributed by atoms with Crippen molar-refractivity contribution >= 4 is 5.69 Å². The van der Waals surface area contributed by atoms with E-state index in [4.69, 9.17) is 5.26 Å². The highest BCUT2D eigenvalue weighted by Gasteiger charge is 2.34. The first kappa shape index (κ1) is 15.6. The molecule has 1 aromatic carbocycles. The minimum absolute atomic E-state index is 0.313. The minimum Gasteiger partial charge on any atom is -0.369 e. The van der Waals surface area contributed by atoms with Crippen molar-refractivity contribution in [3.8, 4) is 6.07 Å². The number of nitriles is 1. The first-order valence-corrected chi connectivity index (χ1v) is 6.93. The number of alkyl halides is 3. The van der Waals surface area contributed by atoms with E-state index in [1.165, 1.54) is 12.1 Å². The second-order valence-corrected chi connectivity index (χ2v) is 5.33. The van der Waals surface area contributed by atoms with Crippen LogP contribution in [0.4, 0.5) is 18.9 Å². The molecule has 0 amide bonds. The quantitative estimate of drug-likeness (QED) is 0.840. The summed E-state index contributed by atoms with van der Waals surface area (Å²) in [6.07, 6.45) is -3.50. The number of halogens is 3. The van der Waals surface area contributed by atoms with Crippen LogP contribution in [-0.2, 0) is 6.18 Å². The van der Waals surface area contributed by atoms with Crippen molar-refractivity contribution in [3.05, 3.63) is 29.3 Å². The number of anilines is 1. The maximum atomic E-state index is 12.8. The van der Waals surface area contributed by atoms with E-state index < -0.39 is 11.7 Å². The Morgan fingerprint density at radius 2 is 2.05 bits per heavy atom. The fourth-order valence-corrected chi connectivity index (χ4v) is 2.69. The molecule has 0 saturated carbocycles. The molecular formula is C15H18F3N3. The van der Waals surface area contributed by atoms with E-state index in [0.29, 0.717) is 11.7 Å². The predicted octanol–water partition coefficient (Wildman–Crippen LogP) is 3.11. The molecule has 0 radical (unpaired) electrons. The van der Waals surface area contributed by atoms with Gasteiger partial charge in [0.15, 0.2) is 0 Å². The van der Waals surface area contributed by atoms with Gasteiger partial charge < -0.3 is 4.90 Å². The van der Waals surface area contributed by atoms with Gasteiger partial charge in [-0.05, 0) is 31.7 Å². The summed E-state index contributed by atoms with van der Waals surface area (Å²) in [6, 6.07) is 5.85. The molecule has 1 aliphatic heterocycles. The Morgan fingerprint density at radius 3 is 2.62 bits per heavy atom. The Hall–Kier alpha value is -1.74. The van der Waals surface area contributed by atoms with Crippen molar-refractivity contribution in [3.63, 3.8) is 0 Å². The summed E-state index contributed by atoms with van der Waals surface area (Å²) in [5.41, 5.74) is -0.493. The van der Waals surface area contributed by atoms with E-state index in [9.17, 15) is 13.2 Å². The number of hydrogen-bond donors (Lipinski definition) is 0. The van der Waals surface area contributed by atoms with E-state index in [0.717, 1.165) is 32.1 Å². The standard InChI is InChI=1S/C15H18F3N3/c1-3-12-10-21(7-6-20(12)2)13-4-5-14(15(16,17)18)11(8-13)9-19/h4-5,8,12H,3,6-7,10H2,1-2H3. The highest BCUT2D eigenvalue weighted by molar-refractivity contribution is 5.55. The van der Waals surface area contributed by atoms with Gasteiger partial charge >= 0.3 is 6.18 Å². The lowest BCUT2D eigenvalue weighted by molar-refractivity contribution is -0.137. The molecule has 1 fully saturated rings. The average molecular weight is 297 g/mol. The second kappa shape index (κ2) is 5.94. The maximum Gasteiger partial charge on any atom is 0.417 e. The van der Waals surface area contributed by atoms with E-state index in [1.54, 1.807) is 6.07 Å². The number of piperazine rings is 1. The molecule has 1 aliphatic rings. The topological polar surface area (TPSA) is 30.3 Å². The van der Waals surface area contributed by atoms with Crippen molar-refractivity contribution in [2.45, 2.75) is 25.6 Å². The van der Waals surface area contributed by atoms with Crippen LogP contribution in [0, 0.1) is 11.3 Å². The van der Waals surface area contributed by atoms with Crippen molar-refractivity contribution in [1.82, 2.24) is 4.90 Å². The van der Waals surface area contributed by atoms with E-state index in [1.807, 2.05) is 0 Å². The highest BCUT2D eigenvalue weighted by Crippen LogP contribution is 2.34. The third-order valence-electron chi connectivity index (χ3n) is 4.04. The summed E-state index contributed by atoms with van der Waals surface area (Å²) in [6.45, 7) is 4.48. The molecule has 0 aliphatic carbocycles. The molecule has 0 aromatic heterocycles. The lowest BCUT2D eigenvalue weighted by atomic mass is 10.0. The molecule has 0 spiro atoms. The van der Waals surface area contributed by atoms with Gasteiger partial charge in [-0.1, -0.05) is 6.92 Å². The van der Waals surface area contributed by atoms with Gasteiger partial charge in [-0.3, -0.25) is 4.90 Å². The summed E-state index contributed by atoms with van der Waals surface area (Å²) < 4.78 is 38.4. The fraction of sp³-hybridized carbons (Fsp3) is 0.533. The maximum absolute atomic E-state index is 12.8. The van der Waals surface area contributed by atoms with Gasteiger partial charge in [0.25, 0.3) is 0 Å². The molecule has 1 unspecified atom stereocenters. The van der Waals surface area contributed by atoms with Crippen molar-refractivity contribution in [1.29, 1.82) is 5.26 Å². The third kappa shape index (κ3) is 3.30. The third-order valence-corrected chi connectivity index (χ3v) is 4.04. The summed E-state index contributed by atoms with van der Waals surface area (Å²) in [7, 11) is 2.05. The lowest BCUT2D eigenvalue weighted by Crippen LogP contribution is -2.51.